The van der Waals surface area contributed by atoms with Gasteiger partial charge in [0.25, 0.3) is 0 Å². The third kappa shape index (κ3) is 1.94. The average Bonchev–Trinajstić information content (AvgIpc) is 2.29. The number of hydrogen-bond donors (Lipinski definition) is 2. The zero-order chi connectivity index (χ0) is 6.81. The lowest BCUT2D eigenvalue weighted by Gasteiger charge is -2.26. The van der Waals surface area contributed by atoms with Gasteiger partial charge in [-0.25, -0.2) is 0 Å². The second-order valence-electron chi connectivity index (χ2n) is 2.81. The van der Waals surface area contributed by atoms with Crippen LogP contribution >= 0.6 is 12.4 Å². The molecular weight excluding hydrogens is 162 g/mol. The molecule has 0 aromatic carbocycles. The predicted molar refractivity (Wildman–Crippen MR) is 45.9 cm³/mol. The van der Waals surface area contributed by atoms with E-state index in [1.165, 1.54) is 18.8 Å². The van der Waals surface area contributed by atoms with Crippen molar-refractivity contribution in [3.63, 3.8) is 0 Å². The number of halogens is 1. The van der Waals surface area contributed by atoms with Gasteiger partial charge < -0.3 is 5.32 Å². The number of H-pyrrole nitrogens is 1. The van der Waals surface area contributed by atoms with Crippen LogP contribution in [0, 0.1) is 5.92 Å². The van der Waals surface area contributed by atoms with Crippen molar-refractivity contribution in [1.29, 1.82) is 0 Å². The van der Waals surface area contributed by atoms with E-state index < -0.39 is 0 Å². The van der Waals surface area contributed by atoms with Crippen LogP contribution in [-0.4, -0.2) is 23.3 Å². The summed E-state index contributed by atoms with van der Waals surface area (Å²) in [6.45, 7) is 2.33. The molecule has 2 heterocycles. The van der Waals surface area contributed by atoms with Gasteiger partial charge in [0.1, 0.15) is 0 Å². The zero-order valence-electron chi connectivity index (χ0n) is 6.21. The third-order valence-electron chi connectivity index (χ3n) is 1.93. The van der Waals surface area contributed by atoms with Crippen LogP contribution in [0.25, 0.3) is 0 Å². The van der Waals surface area contributed by atoms with Crippen LogP contribution in [0.2, 0.25) is 0 Å². The molecule has 0 amide bonds. The van der Waals surface area contributed by atoms with E-state index in [2.05, 4.69) is 15.5 Å². The molecule has 1 fully saturated rings. The minimum atomic E-state index is 0. The van der Waals surface area contributed by atoms with Crippen LogP contribution < -0.4 is 5.32 Å². The van der Waals surface area contributed by atoms with E-state index in [4.69, 9.17) is 0 Å². The summed E-state index contributed by atoms with van der Waals surface area (Å²) < 4.78 is 0. The fraction of sp³-hybridized carbons (Fsp3) is 0.571. The van der Waals surface area contributed by atoms with Crippen molar-refractivity contribution in [2.24, 2.45) is 5.92 Å². The van der Waals surface area contributed by atoms with E-state index in [0.29, 0.717) is 0 Å². The normalized spacial score (nSPS) is 17.1. The second-order valence-corrected chi connectivity index (χ2v) is 2.81. The Bertz CT molecular complexity index is 193. The molecule has 0 bridgehead atoms. The zero-order valence-corrected chi connectivity index (χ0v) is 7.03. The number of nitrogens with zero attached hydrogens (tertiary/aromatic N) is 1. The van der Waals surface area contributed by atoms with Crippen LogP contribution in [0.1, 0.15) is 5.69 Å². The highest BCUT2D eigenvalue weighted by Crippen LogP contribution is 2.09. The molecule has 1 saturated heterocycles. The largest absolute Gasteiger partial charge is 0.316 e. The molecule has 3 nitrogen and oxygen atoms in total. The predicted octanol–water partition coefficient (Wildman–Crippen LogP) is 0.593. The number of aromatic nitrogens is 2. The molecule has 2 rings (SSSR count). The van der Waals surface area contributed by atoms with Gasteiger partial charge in [0.05, 0.1) is 0 Å². The van der Waals surface area contributed by atoms with E-state index in [0.717, 1.165) is 12.3 Å². The van der Waals surface area contributed by atoms with Gasteiger partial charge >= 0.3 is 0 Å². The van der Waals surface area contributed by atoms with Gasteiger partial charge in [-0.2, -0.15) is 5.10 Å². The van der Waals surface area contributed by atoms with Crippen molar-refractivity contribution >= 4 is 12.4 Å². The van der Waals surface area contributed by atoms with Crippen LogP contribution in [0.4, 0.5) is 0 Å². The maximum atomic E-state index is 3.89. The van der Waals surface area contributed by atoms with E-state index in [-0.39, 0.29) is 12.4 Å². The first-order valence-electron chi connectivity index (χ1n) is 3.64. The quantitative estimate of drug-likeness (QED) is 0.688. The van der Waals surface area contributed by atoms with Gasteiger partial charge in [0.15, 0.2) is 0 Å². The molecule has 0 atom stereocenters. The number of nitrogens with one attached hydrogen (secondary N) is 2. The molecule has 0 saturated carbocycles. The molecule has 0 radical (unpaired) electrons. The molecule has 11 heavy (non-hydrogen) atoms. The first-order chi connectivity index (χ1) is 4.95. The van der Waals surface area contributed by atoms with Crippen LogP contribution in [0.3, 0.4) is 0 Å². The number of aromatic amines is 1. The Hall–Kier alpha value is -0.540. The molecule has 1 aliphatic heterocycles. The van der Waals surface area contributed by atoms with E-state index in [9.17, 15) is 0 Å². The van der Waals surface area contributed by atoms with E-state index in [1.54, 1.807) is 6.20 Å². The summed E-state index contributed by atoms with van der Waals surface area (Å²) in [4.78, 5) is 0. The maximum absolute atomic E-state index is 3.89. The average molecular weight is 174 g/mol. The fourth-order valence-electron chi connectivity index (χ4n) is 1.20. The van der Waals surface area contributed by atoms with Crippen molar-refractivity contribution in [3.8, 4) is 0 Å². The first kappa shape index (κ1) is 8.56. The Balaban J connectivity index is 0.000000605. The molecule has 1 aliphatic rings. The van der Waals surface area contributed by atoms with Crippen molar-refractivity contribution in [2.75, 3.05) is 13.1 Å². The van der Waals surface area contributed by atoms with Crippen molar-refractivity contribution < 1.29 is 0 Å². The minimum Gasteiger partial charge on any atom is -0.316 e. The Morgan fingerprint density at radius 3 is 2.82 bits per heavy atom. The lowest BCUT2D eigenvalue weighted by molar-refractivity contribution is 0.344. The Morgan fingerprint density at radius 2 is 2.36 bits per heavy atom. The van der Waals surface area contributed by atoms with E-state index in [1.807, 2.05) is 6.07 Å². The molecule has 0 spiro atoms. The summed E-state index contributed by atoms with van der Waals surface area (Å²) in [5.74, 6) is 0.834. The highest BCUT2D eigenvalue weighted by atomic mass is 35.5. The van der Waals surface area contributed by atoms with Gasteiger partial charge in [-0.05, 0) is 31.5 Å². The summed E-state index contributed by atoms with van der Waals surface area (Å²) >= 11 is 0. The van der Waals surface area contributed by atoms with Gasteiger partial charge in [-0.3, -0.25) is 5.10 Å². The summed E-state index contributed by atoms with van der Waals surface area (Å²) in [6.07, 6.45) is 2.95. The van der Waals surface area contributed by atoms with Crippen LogP contribution in [-0.2, 0) is 6.42 Å². The molecule has 1 aromatic heterocycles. The summed E-state index contributed by atoms with van der Waals surface area (Å²) in [5, 5.41) is 10.1. The monoisotopic (exact) mass is 173 g/mol. The first-order valence-corrected chi connectivity index (χ1v) is 3.64. The van der Waals surface area contributed by atoms with Crippen molar-refractivity contribution in [1.82, 2.24) is 15.5 Å². The molecule has 4 heteroatoms. The SMILES string of the molecule is Cl.c1cc(CC2CNC2)[nH]n1. The molecule has 62 valence electrons. The van der Waals surface area contributed by atoms with Crippen molar-refractivity contribution in [2.45, 2.75) is 6.42 Å². The van der Waals surface area contributed by atoms with Crippen molar-refractivity contribution in [3.05, 3.63) is 18.0 Å². The van der Waals surface area contributed by atoms with Crippen LogP contribution in [0.15, 0.2) is 12.3 Å². The Kier molecular flexibility index (Phi) is 2.91. The lowest BCUT2D eigenvalue weighted by Crippen LogP contribution is -2.43. The topological polar surface area (TPSA) is 40.7 Å². The van der Waals surface area contributed by atoms with Gasteiger partial charge in [0, 0.05) is 11.9 Å². The molecule has 0 unspecified atom stereocenters. The van der Waals surface area contributed by atoms with E-state index >= 15 is 0 Å². The standard InChI is InChI=1S/C7H11N3.ClH/c1-2-9-10-7(1)3-6-4-8-5-6;/h1-2,6,8H,3-5H2,(H,9,10);1H. The Labute approximate surface area is 72.0 Å². The van der Waals surface area contributed by atoms with Gasteiger partial charge in [-0.1, -0.05) is 0 Å². The maximum Gasteiger partial charge on any atom is 0.0490 e. The number of rotatable bonds is 2. The number of hydrogen-bond acceptors (Lipinski definition) is 2. The van der Waals surface area contributed by atoms with Crippen LogP contribution in [0.5, 0.6) is 0 Å². The summed E-state index contributed by atoms with van der Waals surface area (Å²) in [7, 11) is 0. The molecular formula is C7H12ClN3. The Morgan fingerprint density at radius 1 is 1.55 bits per heavy atom. The second kappa shape index (κ2) is 3.74. The molecule has 0 aliphatic carbocycles. The highest BCUT2D eigenvalue weighted by molar-refractivity contribution is 5.85. The third-order valence-corrected chi connectivity index (χ3v) is 1.93. The fourth-order valence-corrected chi connectivity index (χ4v) is 1.20. The summed E-state index contributed by atoms with van der Waals surface area (Å²) in [5.41, 5.74) is 1.26. The van der Waals surface area contributed by atoms with Gasteiger partial charge in [-0.15, -0.1) is 12.4 Å². The lowest BCUT2D eigenvalue weighted by atomic mass is 9.98. The smallest absolute Gasteiger partial charge is 0.0490 e. The van der Waals surface area contributed by atoms with Gasteiger partial charge in [0.2, 0.25) is 0 Å². The molecule has 2 N–H and O–H groups in total. The highest BCUT2D eigenvalue weighted by Gasteiger charge is 2.16. The minimum absolute atomic E-state index is 0. The molecule has 1 aromatic rings. The summed E-state index contributed by atoms with van der Waals surface area (Å²) in [6, 6.07) is 2.04.